The maximum atomic E-state index is 11.5. The quantitative estimate of drug-likeness (QED) is 0.520. The summed E-state index contributed by atoms with van der Waals surface area (Å²) in [6.07, 6.45) is 3.19. The number of ether oxygens (including phenoxy) is 2. The SMILES string of the molecule is C=CCOC(C)C(=O)OCC(=O)NC(C)C1CC1. The molecular formula is C13H21NO4. The van der Waals surface area contributed by atoms with Crippen LogP contribution in [0.2, 0.25) is 0 Å². The lowest BCUT2D eigenvalue weighted by molar-refractivity contribution is -0.158. The van der Waals surface area contributed by atoms with E-state index in [0.717, 1.165) is 12.8 Å². The van der Waals surface area contributed by atoms with Gasteiger partial charge in [0.05, 0.1) is 6.61 Å². The average molecular weight is 255 g/mol. The van der Waals surface area contributed by atoms with Gasteiger partial charge in [-0.1, -0.05) is 6.08 Å². The van der Waals surface area contributed by atoms with Crippen LogP contribution in [0.1, 0.15) is 26.7 Å². The van der Waals surface area contributed by atoms with Gasteiger partial charge in [-0.15, -0.1) is 6.58 Å². The second-order valence-corrected chi connectivity index (χ2v) is 4.57. The topological polar surface area (TPSA) is 64.6 Å². The minimum absolute atomic E-state index is 0.158. The third-order valence-corrected chi connectivity index (χ3v) is 2.86. The van der Waals surface area contributed by atoms with E-state index in [4.69, 9.17) is 9.47 Å². The summed E-state index contributed by atoms with van der Waals surface area (Å²) in [6, 6.07) is 0.158. The van der Waals surface area contributed by atoms with E-state index >= 15 is 0 Å². The zero-order chi connectivity index (χ0) is 13.5. The molecule has 2 atom stereocenters. The second kappa shape index (κ2) is 7.16. The minimum Gasteiger partial charge on any atom is -0.454 e. The molecule has 1 saturated carbocycles. The van der Waals surface area contributed by atoms with Crippen LogP contribution in [0.4, 0.5) is 0 Å². The van der Waals surface area contributed by atoms with E-state index in [2.05, 4.69) is 11.9 Å². The van der Waals surface area contributed by atoms with E-state index < -0.39 is 12.1 Å². The van der Waals surface area contributed by atoms with Gasteiger partial charge in [0.2, 0.25) is 0 Å². The van der Waals surface area contributed by atoms with Gasteiger partial charge in [-0.3, -0.25) is 4.79 Å². The largest absolute Gasteiger partial charge is 0.454 e. The molecule has 0 aliphatic heterocycles. The summed E-state index contributed by atoms with van der Waals surface area (Å²) in [6.45, 7) is 7.05. The molecule has 5 nitrogen and oxygen atoms in total. The van der Waals surface area contributed by atoms with E-state index in [1.54, 1.807) is 13.0 Å². The first kappa shape index (κ1) is 14.7. The highest BCUT2D eigenvalue weighted by Gasteiger charge is 2.29. The van der Waals surface area contributed by atoms with Crippen LogP contribution in [-0.4, -0.2) is 37.2 Å². The molecule has 0 heterocycles. The molecule has 18 heavy (non-hydrogen) atoms. The highest BCUT2D eigenvalue weighted by Crippen LogP contribution is 2.32. The average Bonchev–Trinajstić information content (AvgIpc) is 3.16. The summed E-state index contributed by atoms with van der Waals surface area (Å²) in [5.74, 6) is -0.218. The van der Waals surface area contributed by atoms with Crippen LogP contribution in [0.5, 0.6) is 0 Å². The van der Waals surface area contributed by atoms with Crippen molar-refractivity contribution < 1.29 is 19.1 Å². The van der Waals surface area contributed by atoms with Crippen molar-refractivity contribution in [2.24, 2.45) is 5.92 Å². The first-order chi connectivity index (χ1) is 8.54. The van der Waals surface area contributed by atoms with Crippen LogP contribution in [0.15, 0.2) is 12.7 Å². The Morgan fingerprint density at radius 2 is 2.11 bits per heavy atom. The molecule has 1 rings (SSSR count). The van der Waals surface area contributed by atoms with Crippen molar-refractivity contribution in [1.82, 2.24) is 5.32 Å². The molecule has 2 unspecified atom stereocenters. The highest BCUT2D eigenvalue weighted by molar-refractivity contribution is 5.82. The van der Waals surface area contributed by atoms with Crippen molar-refractivity contribution >= 4 is 11.9 Å². The summed E-state index contributed by atoms with van der Waals surface area (Å²) in [5.41, 5.74) is 0. The lowest BCUT2D eigenvalue weighted by atomic mass is 10.2. The van der Waals surface area contributed by atoms with Crippen LogP contribution < -0.4 is 5.32 Å². The number of esters is 1. The van der Waals surface area contributed by atoms with Crippen molar-refractivity contribution in [3.8, 4) is 0 Å². The zero-order valence-corrected chi connectivity index (χ0v) is 11.0. The second-order valence-electron chi connectivity index (χ2n) is 4.57. The van der Waals surface area contributed by atoms with Gasteiger partial charge in [-0.05, 0) is 32.6 Å². The maximum Gasteiger partial charge on any atom is 0.335 e. The molecule has 0 aromatic rings. The fraction of sp³-hybridized carbons (Fsp3) is 0.692. The fourth-order valence-electron chi connectivity index (χ4n) is 1.54. The molecule has 1 aliphatic rings. The van der Waals surface area contributed by atoms with Crippen molar-refractivity contribution in [2.75, 3.05) is 13.2 Å². The zero-order valence-electron chi connectivity index (χ0n) is 11.0. The highest BCUT2D eigenvalue weighted by atomic mass is 16.6. The number of carbonyl (C=O) groups is 2. The van der Waals surface area contributed by atoms with Crippen molar-refractivity contribution in [3.05, 3.63) is 12.7 Å². The number of rotatable bonds is 8. The number of carbonyl (C=O) groups excluding carboxylic acids is 2. The van der Waals surface area contributed by atoms with Gasteiger partial charge in [0, 0.05) is 6.04 Å². The van der Waals surface area contributed by atoms with Crippen LogP contribution in [0, 0.1) is 5.92 Å². The maximum absolute atomic E-state index is 11.5. The van der Waals surface area contributed by atoms with Crippen LogP contribution in [-0.2, 0) is 19.1 Å². The number of hydrogen-bond acceptors (Lipinski definition) is 4. The van der Waals surface area contributed by atoms with Crippen LogP contribution in [0.3, 0.4) is 0 Å². The normalized spacial score (nSPS) is 17.7. The third kappa shape index (κ3) is 5.31. The molecule has 5 heteroatoms. The Balaban J connectivity index is 2.16. The lowest BCUT2D eigenvalue weighted by Crippen LogP contribution is -2.38. The van der Waals surface area contributed by atoms with E-state index in [-0.39, 0.29) is 25.2 Å². The Morgan fingerprint density at radius 1 is 1.44 bits per heavy atom. The molecule has 0 saturated heterocycles. The van der Waals surface area contributed by atoms with Gasteiger partial charge >= 0.3 is 5.97 Å². The molecule has 0 spiro atoms. The van der Waals surface area contributed by atoms with Gasteiger partial charge < -0.3 is 14.8 Å². The minimum atomic E-state index is -0.684. The summed E-state index contributed by atoms with van der Waals surface area (Å²) in [7, 11) is 0. The Labute approximate surface area is 108 Å². The Hall–Kier alpha value is -1.36. The first-order valence-electron chi connectivity index (χ1n) is 6.23. The van der Waals surface area contributed by atoms with Crippen molar-refractivity contribution in [3.63, 3.8) is 0 Å². The van der Waals surface area contributed by atoms with E-state index in [1.807, 2.05) is 6.92 Å². The van der Waals surface area contributed by atoms with E-state index in [9.17, 15) is 9.59 Å². The van der Waals surface area contributed by atoms with Gasteiger partial charge in [0.25, 0.3) is 5.91 Å². The lowest BCUT2D eigenvalue weighted by Gasteiger charge is -2.14. The monoisotopic (exact) mass is 255 g/mol. The van der Waals surface area contributed by atoms with Crippen molar-refractivity contribution in [1.29, 1.82) is 0 Å². The van der Waals surface area contributed by atoms with Gasteiger partial charge in [-0.25, -0.2) is 4.79 Å². The number of amides is 1. The Bertz CT molecular complexity index is 312. The first-order valence-corrected chi connectivity index (χ1v) is 6.23. The third-order valence-electron chi connectivity index (χ3n) is 2.86. The predicted molar refractivity (Wildman–Crippen MR) is 66.9 cm³/mol. The smallest absolute Gasteiger partial charge is 0.335 e. The summed E-state index contributed by atoms with van der Waals surface area (Å²) < 4.78 is 9.94. The van der Waals surface area contributed by atoms with Gasteiger partial charge in [-0.2, -0.15) is 0 Å². The molecule has 0 aromatic heterocycles. The summed E-state index contributed by atoms with van der Waals surface area (Å²) >= 11 is 0. The van der Waals surface area contributed by atoms with Crippen molar-refractivity contribution in [2.45, 2.75) is 38.8 Å². The molecule has 0 aromatic carbocycles. The molecule has 1 amide bonds. The van der Waals surface area contributed by atoms with Crippen LogP contribution >= 0.6 is 0 Å². The Kier molecular flexibility index (Phi) is 5.85. The summed E-state index contributed by atoms with van der Waals surface area (Å²) in [4.78, 5) is 22.9. The molecular weight excluding hydrogens is 234 g/mol. The molecule has 1 aliphatic carbocycles. The van der Waals surface area contributed by atoms with E-state index in [0.29, 0.717) is 5.92 Å². The predicted octanol–water partition coefficient (Wildman–Crippen LogP) is 1.04. The molecule has 1 fully saturated rings. The Morgan fingerprint density at radius 3 is 2.67 bits per heavy atom. The van der Waals surface area contributed by atoms with Gasteiger partial charge in [0.15, 0.2) is 12.7 Å². The molecule has 102 valence electrons. The van der Waals surface area contributed by atoms with Gasteiger partial charge in [0.1, 0.15) is 0 Å². The van der Waals surface area contributed by atoms with E-state index in [1.165, 1.54) is 0 Å². The summed E-state index contributed by atoms with van der Waals surface area (Å²) in [5, 5.41) is 2.81. The molecule has 0 radical (unpaired) electrons. The molecule has 1 N–H and O–H groups in total. The number of nitrogens with one attached hydrogen (secondary N) is 1. The number of hydrogen-bond donors (Lipinski definition) is 1. The standard InChI is InChI=1S/C13H21NO4/c1-4-7-17-10(3)13(16)18-8-12(15)14-9(2)11-5-6-11/h4,9-11H,1,5-8H2,2-3H3,(H,14,15). The molecule has 0 bridgehead atoms. The van der Waals surface area contributed by atoms with Crippen LogP contribution in [0.25, 0.3) is 0 Å². The fourth-order valence-corrected chi connectivity index (χ4v) is 1.54.